The molecule has 0 fully saturated rings. The Morgan fingerprint density at radius 3 is 2.54 bits per heavy atom. The standard InChI is InChI=1S/C18H16N4O3S/c1-10-7-8-12(26-10)14-13-15(20-17(24)19-14)22(18(25)21-16(13)23)9-11-5-3-2-4-6-11/h2-8,14H,9H2,1H3,(H2,19,20,24)(H,21,23,25). The highest BCUT2D eigenvalue weighted by molar-refractivity contribution is 7.12. The Morgan fingerprint density at radius 2 is 1.85 bits per heavy atom. The van der Waals surface area contributed by atoms with Gasteiger partial charge >= 0.3 is 11.7 Å². The molecule has 3 N–H and O–H groups in total. The number of nitrogens with zero attached hydrogens (tertiary/aromatic N) is 1. The first-order chi connectivity index (χ1) is 12.5. The fourth-order valence-electron chi connectivity index (χ4n) is 3.07. The highest BCUT2D eigenvalue weighted by Gasteiger charge is 2.32. The van der Waals surface area contributed by atoms with Gasteiger partial charge in [-0.15, -0.1) is 11.3 Å². The first kappa shape index (κ1) is 16.3. The predicted octanol–water partition coefficient (Wildman–Crippen LogP) is 2.18. The largest absolute Gasteiger partial charge is 0.330 e. The van der Waals surface area contributed by atoms with E-state index < -0.39 is 23.3 Å². The van der Waals surface area contributed by atoms with Crippen LogP contribution in [0.4, 0.5) is 10.6 Å². The minimum absolute atomic E-state index is 0.238. The molecule has 4 rings (SSSR count). The van der Waals surface area contributed by atoms with Gasteiger partial charge in [-0.3, -0.25) is 19.7 Å². The van der Waals surface area contributed by atoms with E-state index in [1.165, 1.54) is 15.9 Å². The molecular formula is C18H16N4O3S. The second-order valence-electron chi connectivity index (χ2n) is 6.07. The van der Waals surface area contributed by atoms with E-state index in [9.17, 15) is 14.4 Å². The molecule has 8 heteroatoms. The number of rotatable bonds is 3. The zero-order chi connectivity index (χ0) is 18.3. The van der Waals surface area contributed by atoms with Gasteiger partial charge in [0.2, 0.25) is 0 Å². The first-order valence-corrected chi connectivity index (χ1v) is 8.89. The number of aromatic amines is 1. The van der Waals surface area contributed by atoms with Crippen molar-refractivity contribution in [1.82, 2.24) is 14.9 Å². The van der Waals surface area contributed by atoms with E-state index in [0.717, 1.165) is 15.3 Å². The van der Waals surface area contributed by atoms with Crippen LogP contribution in [0.25, 0.3) is 0 Å². The van der Waals surface area contributed by atoms with Crippen molar-refractivity contribution < 1.29 is 4.79 Å². The molecule has 2 amide bonds. The van der Waals surface area contributed by atoms with E-state index in [0.29, 0.717) is 5.56 Å². The topological polar surface area (TPSA) is 96.0 Å². The smallest absolute Gasteiger partial charge is 0.326 e. The van der Waals surface area contributed by atoms with Crippen LogP contribution in [-0.4, -0.2) is 15.6 Å². The summed E-state index contributed by atoms with van der Waals surface area (Å²) in [7, 11) is 0. The van der Waals surface area contributed by atoms with E-state index in [1.54, 1.807) is 0 Å². The number of benzene rings is 1. The molecule has 1 aliphatic rings. The zero-order valence-electron chi connectivity index (χ0n) is 13.9. The van der Waals surface area contributed by atoms with Crippen molar-refractivity contribution in [2.45, 2.75) is 19.5 Å². The van der Waals surface area contributed by atoms with Gasteiger partial charge < -0.3 is 5.32 Å². The van der Waals surface area contributed by atoms with Gasteiger partial charge in [-0.1, -0.05) is 30.3 Å². The lowest BCUT2D eigenvalue weighted by Crippen LogP contribution is -2.46. The number of thiophene rings is 1. The molecule has 3 heterocycles. The molecule has 0 bridgehead atoms. The molecule has 0 saturated heterocycles. The third-order valence-electron chi connectivity index (χ3n) is 4.26. The van der Waals surface area contributed by atoms with Gasteiger partial charge in [0, 0.05) is 9.75 Å². The summed E-state index contributed by atoms with van der Waals surface area (Å²) in [6.45, 7) is 2.20. The number of nitrogens with one attached hydrogen (secondary N) is 3. The minimum atomic E-state index is -0.594. The first-order valence-electron chi connectivity index (χ1n) is 8.08. The molecule has 0 saturated carbocycles. The molecule has 0 spiro atoms. The highest BCUT2D eigenvalue weighted by atomic mass is 32.1. The van der Waals surface area contributed by atoms with Crippen LogP contribution in [0.1, 0.15) is 26.9 Å². The molecule has 3 aromatic rings. The maximum Gasteiger partial charge on any atom is 0.330 e. The molecule has 0 aliphatic carbocycles. The van der Waals surface area contributed by atoms with Crippen LogP contribution in [-0.2, 0) is 6.54 Å². The number of carbonyl (C=O) groups is 1. The van der Waals surface area contributed by atoms with Gasteiger partial charge in [-0.2, -0.15) is 0 Å². The molecular weight excluding hydrogens is 352 g/mol. The van der Waals surface area contributed by atoms with Crippen LogP contribution < -0.4 is 21.9 Å². The number of urea groups is 1. The third kappa shape index (κ3) is 2.84. The number of aromatic nitrogens is 2. The van der Waals surface area contributed by atoms with Crippen molar-refractivity contribution in [3.63, 3.8) is 0 Å². The summed E-state index contributed by atoms with van der Waals surface area (Å²) in [5.74, 6) is 0.238. The fourth-order valence-corrected chi connectivity index (χ4v) is 4.01. The van der Waals surface area contributed by atoms with Crippen LogP contribution in [0.5, 0.6) is 0 Å². The van der Waals surface area contributed by atoms with Crippen molar-refractivity contribution in [3.05, 3.63) is 84.2 Å². The highest BCUT2D eigenvalue weighted by Crippen LogP contribution is 2.32. The van der Waals surface area contributed by atoms with E-state index in [-0.39, 0.29) is 12.4 Å². The zero-order valence-corrected chi connectivity index (χ0v) is 14.7. The summed E-state index contributed by atoms with van der Waals surface area (Å²) in [5, 5.41) is 5.41. The van der Waals surface area contributed by atoms with Crippen LogP contribution in [0, 0.1) is 6.92 Å². The third-order valence-corrected chi connectivity index (χ3v) is 5.33. The Labute approximate surface area is 152 Å². The number of aryl methyl sites for hydroxylation is 1. The lowest BCUT2D eigenvalue weighted by atomic mass is 10.1. The summed E-state index contributed by atoms with van der Waals surface area (Å²) < 4.78 is 1.39. The Kier molecular flexibility index (Phi) is 3.96. The van der Waals surface area contributed by atoms with Crippen LogP contribution in [0.15, 0.2) is 52.1 Å². The SMILES string of the molecule is Cc1ccc(C2NC(=O)Nc3c2c(=O)[nH]c(=O)n3Cc2ccccc2)s1. The average molecular weight is 368 g/mol. The number of hydrogen-bond acceptors (Lipinski definition) is 4. The lowest BCUT2D eigenvalue weighted by Gasteiger charge is -2.27. The van der Waals surface area contributed by atoms with Crippen molar-refractivity contribution in [2.24, 2.45) is 0 Å². The van der Waals surface area contributed by atoms with Crippen molar-refractivity contribution in [3.8, 4) is 0 Å². The molecule has 1 atom stereocenters. The summed E-state index contributed by atoms with van der Waals surface area (Å²) in [4.78, 5) is 41.4. The quantitative estimate of drug-likeness (QED) is 0.661. The van der Waals surface area contributed by atoms with Gasteiger partial charge in [0.15, 0.2) is 0 Å². The molecule has 7 nitrogen and oxygen atoms in total. The van der Waals surface area contributed by atoms with Crippen molar-refractivity contribution in [1.29, 1.82) is 0 Å². The van der Waals surface area contributed by atoms with Crippen molar-refractivity contribution in [2.75, 3.05) is 5.32 Å². The Balaban J connectivity index is 1.89. The second-order valence-corrected chi connectivity index (χ2v) is 7.39. The molecule has 0 radical (unpaired) electrons. The maximum atomic E-state index is 12.5. The van der Waals surface area contributed by atoms with Crippen LogP contribution >= 0.6 is 11.3 Å². The Hall–Kier alpha value is -3.13. The molecule has 132 valence electrons. The number of amides is 2. The van der Waals surface area contributed by atoms with Gasteiger partial charge in [-0.25, -0.2) is 9.59 Å². The predicted molar refractivity (Wildman–Crippen MR) is 99.9 cm³/mol. The molecule has 1 aromatic carbocycles. The fraction of sp³-hybridized carbons (Fsp3) is 0.167. The number of hydrogen-bond donors (Lipinski definition) is 3. The number of anilines is 1. The van der Waals surface area contributed by atoms with E-state index in [2.05, 4.69) is 15.6 Å². The Morgan fingerprint density at radius 1 is 1.08 bits per heavy atom. The second kappa shape index (κ2) is 6.30. The number of carbonyl (C=O) groups excluding carboxylic acids is 1. The molecule has 1 aliphatic heterocycles. The number of fused-ring (bicyclic) bond motifs is 1. The lowest BCUT2D eigenvalue weighted by molar-refractivity contribution is 0.248. The summed E-state index contributed by atoms with van der Waals surface area (Å²) in [6, 6.07) is 12.2. The van der Waals surface area contributed by atoms with Gasteiger partial charge in [-0.05, 0) is 24.6 Å². The van der Waals surface area contributed by atoms with Gasteiger partial charge in [0.25, 0.3) is 5.56 Å². The van der Waals surface area contributed by atoms with Crippen LogP contribution in [0.2, 0.25) is 0 Å². The van der Waals surface area contributed by atoms with Gasteiger partial charge in [0.1, 0.15) is 5.82 Å². The summed E-state index contributed by atoms with van der Waals surface area (Å²) in [6.07, 6.45) is 0. The van der Waals surface area contributed by atoms with E-state index in [4.69, 9.17) is 0 Å². The molecule has 26 heavy (non-hydrogen) atoms. The van der Waals surface area contributed by atoms with Crippen LogP contribution in [0.3, 0.4) is 0 Å². The maximum absolute atomic E-state index is 12.5. The molecule has 2 aromatic heterocycles. The monoisotopic (exact) mass is 368 g/mol. The average Bonchev–Trinajstić information content (AvgIpc) is 3.05. The minimum Gasteiger partial charge on any atom is -0.326 e. The van der Waals surface area contributed by atoms with Gasteiger partial charge in [0.05, 0.1) is 18.2 Å². The molecule has 1 unspecified atom stereocenters. The summed E-state index contributed by atoms with van der Waals surface area (Å²) in [5.41, 5.74) is 0.168. The Bertz CT molecular complexity index is 1100. The number of H-pyrrole nitrogens is 1. The van der Waals surface area contributed by atoms with Crippen molar-refractivity contribution >= 4 is 23.2 Å². The van der Waals surface area contributed by atoms with E-state index in [1.807, 2.05) is 49.4 Å². The summed E-state index contributed by atoms with van der Waals surface area (Å²) >= 11 is 1.50. The van der Waals surface area contributed by atoms with E-state index >= 15 is 0 Å². The normalized spacial score (nSPS) is 15.9.